The molecule has 1 aromatic carbocycles. The fourth-order valence-corrected chi connectivity index (χ4v) is 1.40. The molecule has 1 rings (SSSR count). The van der Waals surface area contributed by atoms with Gasteiger partial charge in [0.05, 0.1) is 9.92 Å². The van der Waals surface area contributed by atoms with Crippen LogP contribution in [0.5, 0.6) is 5.75 Å². The van der Waals surface area contributed by atoms with Gasteiger partial charge in [-0.3, -0.25) is 4.55 Å². The van der Waals surface area contributed by atoms with Crippen molar-refractivity contribution in [1.29, 1.82) is 0 Å². The molecular weight excluding hydrogens is 204 g/mol. The third-order valence-electron chi connectivity index (χ3n) is 1.22. The highest BCUT2D eigenvalue weighted by Gasteiger charge is 2.10. The molecule has 0 aliphatic carbocycles. The third kappa shape index (κ3) is 1.88. The fourth-order valence-electron chi connectivity index (χ4n) is 0.648. The molecule has 0 saturated carbocycles. The van der Waals surface area contributed by atoms with Gasteiger partial charge in [0.15, 0.2) is 0 Å². The highest BCUT2D eigenvalue weighted by Crippen LogP contribution is 2.25. The summed E-state index contributed by atoms with van der Waals surface area (Å²) in [4.78, 5) is -0.342. The van der Waals surface area contributed by atoms with Crippen molar-refractivity contribution >= 4 is 21.7 Å². The summed E-state index contributed by atoms with van der Waals surface area (Å²) in [5.41, 5.74) is 0. The molecule has 0 atom stereocenters. The molecule has 0 aromatic heterocycles. The molecule has 0 spiro atoms. The molecule has 2 N–H and O–H groups in total. The van der Waals surface area contributed by atoms with Gasteiger partial charge >= 0.3 is 0 Å². The summed E-state index contributed by atoms with van der Waals surface area (Å²) in [5.74, 6) is -0.232. The lowest BCUT2D eigenvalue weighted by atomic mass is 10.3. The standard InChI is InChI=1S/C6H5ClO4S/c7-5-3-4(12(9,10)11)1-2-6(5)8/h1-3,8H,(H,9,10,11). The van der Waals surface area contributed by atoms with Gasteiger partial charge < -0.3 is 5.11 Å². The van der Waals surface area contributed by atoms with Crippen molar-refractivity contribution in [3.63, 3.8) is 0 Å². The summed E-state index contributed by atoms with van der Waals surface area (Å²) in [6, 6.07) is 3.11. The average molecular weight is 209 g/mol. The van der Waals surface area contributed by atoms with Gasteiger partial charge in [-0.2, -0.15) is 8.42 Å². The van der Waals surface area contributed by atoms with Gasteiger partial charge in [-0.15, -0.1) is 0 Å². The van der Waals surface area contributed by atoms with Crippen molar-refractivity contribution in [1.82, 2.24) is 0 Å². The molecule has 12 heavy (non-hydrogen) atoms. The van der Waals surface area contributed by atoms with Gasteiger partial charge in [-0.1, -0.05) is 11.6 Å². The predicted octanol–water partition coefficient (Wildman–Crippen LogP) is 1.29. The lowest BCUT2D eigenvalue weighted by molar-refractivity contribution is 0.473. The first-order chi connectivity index (χ1) is 5.41. The number of benzene rings is 1. The summed E-state index contributed by atoms with van der Waals surface area (Å²) in [6.07, 6.45) is 0. The van der Waals surface area contributed by atoms with E-state index in [0.29, 0.717) is 0 Å². The Kier molecular flexibility index (Phi) is 2.27. The van der Waals surface area contributed by atoms with E-state index < -0.39 is 10.1 Å². The molecular formula is C6H5ClO4S. The molecule has 0 bridgehead atoms. The van der Waals surface area contributed by atoms with Crippen LogP contribution in [0.1, 0.15) is 0 Å². The molecule has 6 heteroatoms. The molecule has 0 aliphatic rings. The van der Waals surface area contributed by atoms with Crippen molar-refractivity contribution in [2.24, 2.45) is 0 Å². The van der Waals surface area contributed by atoms with Gasteiger partial charge in [0.2, 0.25) is 0 Å². The van der Waals surface area contributed by atoms with Gasteiger partial charge in [0, 0.05) is 0 Å². The molecule has 1 aromatic rings. The highest BCUT2D eigenvalue weighted by molar-refractivity contribution is 7.85. The van der Waals surface area contributed by atoms with Crippen molar-refractivity contribution in [2.75, 3.05) is 0 Å². The Bertz CT molecular complexity index is 398. The van der Waals surface area contributed by atoms with E-state index in [9.17, 15) is 8.42 Å². The van der Waals surface area contributed by atoms with E-state index in [-0.39, 0.29) is 15.7 Å². The van der Waals surface area contributed by atoms with E-state index in [4.69, 9.17) is 21.3 Å². The molecule has 0 amide bonds. The summed E-state index contributed by atoms with van der Waals surface area (Å²) >= 11 is 5.39. The van der Waals surface area contributed by atoms with Crippen LogP contribution in [0.3, 0.4) is 0 Å². The first-order valence-corrected chi connectivity index (χ1v) is 4.69. The van der Waals surface area contributed by atoms with Gasteiger partial charge in [-0.25, -0.2) is 0 Å². The minimum absolute atomic E-state index is 0.120. The Morgan fingerprint density at radius 3 is 2.33 bits per heavy atom. The van der Waals surface area contributed by atoms with E-state index in [1.54, 1.807) is 0 Å². The van der Waals surface area contributed by atoms with E-state index in [2.05, 4.69) is 0 Å². The largest absolute Gasteiger partial charge is 0.506 e. The molecule has 0 saturated heterocycles. The average Bonchev–Trinajstić information content (AvgIpc) is 1.92. The maximum absolute atomic E-state index is 10.5. The summed E-state index contributed by atoms with van der Waals surface area (Å²) in [7, 11) is -4.24. The second-order valence-corrected chi connectivity index (χ2v) is 3.92. The molecule has 0 heterocycles. The molecule has 0 radical (unpaired) electrons. The van der Waals surface area contributed by atoms with Crippen LogP contribution >= 0.6 is 11.6 Å². The Hall–Kier alpha value is -0.780. The number of phenols is 1. The summed E-state index contributed by atoms with van der Waals surface area (Å²) in [5, 5.41) is 8.78. The van der Waals surface area contributed by atoms with E-state index >= 15 is 0 Å². The van der Waals surface area contributed by atoms with Gasteiger partial charge in [-0.05, 0) is 18.2 Å². The zero-order valence-electron chi connectivity index (χ0n) is 5.73. The first-order valence-electron chi connectivity index (χ1n) is 2.87. The van der Waals surface area contributed by atoms with Crippen LogP contribution in [0.4, 0.5) is 0 Å². The van der Waals surface area contributed by atoms with E-state index in [0.717, 1.165) is 18.2 Å². The smallest absolute Gasteiger partial charge is 0.294 e. The molecule has 66 valence electrons. The maximum atomic E-state index is 10.5. The number of phenolic OH excluding ortho intramolecular Hbond substituents is 1. The van der Waals surface area contributed by atoms with Crippen LogP contribution < -0.4 is 0 Å². The Morgan fingerprint density at radius 2 is 1.92 bits per heavy atom. The van der Waals surface area contributed by atoms with Crippen LogP contribution in [0, 0.1) is 0 Å². The first kappa shape index (κ1) is 9.31. The number of hydrogen-bond acceptors (Lipinski definition) is 3. The minimum atomic E-state index is -4.24. The number of halogens is 1. The highest BCUT2D eigenvalue weighted by atomic mass is 35.5. The van der Waals surface area contributed by atoms with Crippen LogP contribution in [-0.2, 0) is 10.1 Å². The zero-order valence-corrected chi connectivity index (χ0v) is 7.30. The van der Waals surface area contributed by atoms with Gasteiger partial charge in [0.1, 0.15) is 5.75 Å². The summed E-state index contributed by atoms with van der Waals surface area (Å²) < 4.78 is 29.6. The van der Waals surface area contributed by atoms with E-state index in [1.165, 1.54) is 0 Å². The second kappa shape index (κ2) is 2.93. The number of rotatable bonds is 1. The normalized spacial score (nSPS) is 11.5. The van der Waals surface area contributed by atoms with Crippen molar-refractivity contribution < 1.29 is 18.1 Å². The number of hydrogen-bond donors (Lipinski definition) is 2. The van der Waals surface area contributed by atoms with Crippen LogP contribution in [0.15, 0.2) is 23.1 Å². The SMILES string of the molecule is O=S(=O)(O)c1ccc(O)c(Cl)c1. The quantitative estimate of drug-likeness (QED) is 0.682. The lowest BCUT2D eigenvalue weighted by Crippen LogP contribution is -1.97. The van der Waals surface area contributed by atoms with E-state index in [1.807, 2.05) is 0 Å². The Morgan fingerprint density at radius 1 is 1.33 bits per heavy atom. The fraction of sp³-hybridized carbons (Fsp3) is 0. The third-order valence-corrected chi connectivity index (χ3v) is 2.37. The second-order valence-electron chi connectivity index (χ2n) is 2.09. The zero-order chi connectivity index (χ0) is 9.35. The van der Waals surface area contributed by atoms with Crippen molar-refractivity contribution in [3.8, 4) is 5.75 Å². The van der Waals surface area contributed by atoms with Crippen LogP contribution in [-0.4, -0.2) is 18.1 Å². The molecule has 0 fully saturated rings. The van der Waals surface area contributed by atoms with Crippen LogP contribution in [0.25, 0.3) is 0 Å². The van der Waals surface area contributed by atoms with Crippen molar-refractivity contribution in [3.05, 3.63) is 23.2 Å². The Balaban J connectivity index is 3.33. The molecule has 4 nitrogen and oxygen atoms in total. The lowest BCUT2D eigenvalue weighted by Gasteiger charge is -1.98. The topological polar surface area (TPSA) is 74.6 Å². The molecule has 0 unspecified atom stereocenters. The van der Waals surface area contributed by atoms with Crippen molar-refractivity contribution in [2.45, 2.75) is 4.90 Å². The Labute approximate surface area is 74.2 Å². The summed E-state index contributed by atoms with van der Waals surface area (Å²) in [6.45, 7) is 0. The monoisotopic (exact) mass is 208 g/mol. The molecule has 0 aliphatic heterocycles. The minimum Gasteiger partial charge on any atom is -0.506 e. The van der Waals surface area contributed by atoms with Crippen LogP contribution in [0.2, 0.25) is 5.02 Å². The number of aromatic hydroxyl groups is 1. The predicted molar refractivity (Wildman–Crippen MR) is 42.9 cm³/mol. The maximum Gasteiger partial charge on any atom is 0.294 e. The van der Waals surface area contributed by atoms with Gasteiger partial charge in [0.25, 0.3) is 10.1 Å².